The molecule has 1 saturated carbocycles. The van der Waals surface area contributed by atoms with Gasteiger partial charge in [-0.15, -0.1) is 0 Å². The highest BCUT2D eigenvalue weighted by atomic mass is 16.6. The molecule has 9 heteroatoms. The number of aliphatic hydroxyl groups is 1. The minimum atomic E-state index is -0.632. The van der Waals surface area contributed by atoms with Gasteiger partial charge in [-0.05, 0) is 100 Å². The average molecular weight is 731 g/mol. The van der Waals surface area contributed by atoms with Crippen LogP contribution in [0.5, 0.6) is 23.0 Å². The van der Waals surface area contributed by atoms with E-state index in [9.17, 15) is 24.9 Å². The van der Waals surface area contributed by atoms with Crippen LogP contribution >= 0.6 is 0 Å². The molecule has 54 heavy (non-hydrogen) atoms. The second-order valence-electron chi connectivity index (χ2n) is 14.7. The zero-order chi connectivity index (χ0) is 38.0. The lowest BCUT2D eigenvalue weighted by Crippen LogP contribution is -2.52. The Morgan fingerprint density at radius 2 is 1.52 bits per heavy atom. The second kappa shape index (κ2) is 15.4. The van der Waals surface area contributed by atoms with Crippen LogP contribution in [0.2, 0.25) is 0 Å². The molecule has 7 rings (SSSR count). The number of phenolic OH excluding ortho intramolecular Hbond substituents is 2. The topological polar surface area (TPSA) is 132 Å². The van der Waals surface area contributed by atoms with Gasteiger partial charge in [-0.1, -0.05) is 72.8 Å². The Morgan fingerprint density at radius 3 is 2.28 bits per heavy atom. The number of benzene rings is 5. The van der Waals surface area contributed by atoms with Gasteiger partial charge in [-0.2, -0.15) is 0 Å². The molecule has 5 aromatic carbocycles. The third kappa shape index (κ3) is 7.46. The van der Waals surface area contributed by atoms with Crippen molar-refractivity contribution in [2.45, 2.75) is 75.6 Å². The summed E-state index contributed by atoms with van der Waals surface area (Å²) in [6.07, 6.45) is 1.05. The molecule has 0 radical (unpaired) electrons. The molecule has 0 aliphatic heterocycles. The van der Waals surface area contributed by atoms with Crippen molar-refractivity contribution in [3.05, 3.63) is 130 Å². The molecule has 5 atom stereocenters. The number of carbonyl (C=O) groups excluding carboxylic acids is 2. The number of rotatable bonds is 9. The van der Waals surface area contributed by atoms with Crippen LogP contribution in [0.25, 0.3) is 10.8 Å². The Morgan fingerprint density at radius 1 is 0.759 bits per heavy atom. The van der Waals surface area contributed by atoms with Crippen molar-refractivity contribution in [1.82, 2.24) is 0 Å². The molecule has 280 valence electrons. The van der Waals surface area contributed by atoms with Gasteiger partial charge in [0.15, 0.2) is 23.0 Å². The first-order valence-electron chi connectivity index (χ1n) is 18.4. The molecule has 1 fully saturated rings. The van der Waals surface area contributed by atoms with Gasteiger partial charge < -0.3 is 34.3 Å². The van der Waals surface area contributed by atoms with Gasteiger partial charge in [0.2, 0.25) is 0 Å². The number of hydrogen-bond acceptors (Lipinski definition) is 9. The van der Waals surface area contributed by atoms with Crippen molar-refractivity contribution in [3.63, 3.8) is 0 Å². The molecule has 0 heterocycles. The van der Waals surface area contributed by atoms with Crippen molar-refractivity contribution in [1.29, 1.82) is 0 Å². The minimum Gasteiger partial charge on any atom is -0.504 e. The van der Waals surface area contributed by atoms with E-state index in [4.69, 9.17) is 18.9 Å². The fourth-order valence-electron chi connectivity index (χ4n) is 8.95. The van der Waals surface area contributed by atoms with E-state index < -0.39 is 29.6 Å². The van der Waals surface area contributed by atoms with Crippen molar-refractivity contribution < 1.29 is 43.9 Å². The van der Waals surface area contributed by atoms with Gasteiger partial charge in [0.05, 0.1) is 27.2 Å². The smallest absolute Gasteiger partial charge is 0.310 e. The third-order valence-corrected chi connectivity index (χ3v) is 11.4. The van der Waals surface area contributed by atoms with E-state index >= 15 is 0 Å². The molecule has 2 aliphatic rings. The Kier molecular flexibility index (Phi) is 10.5. The second-order valence-corrected chi connectivity index (χ2v) is 14.7. The van der Waals surface area contributed by atoms with Crippen LogP contribution in [0.4, 0.5) is 0 Å². The molecule has 2 aliphatic carbocycles. The van der Waals surface area contributed by atoms with Crippen molar-refractivity contribution >= 4 is 22.7 Å². The first-order chi connectivity index (χ1) is 26.1. The molecular weight excluding hydrogens is 684 g/mol. The van der Waals surface area contributed by atoms with Crippen LogP contribution in [0.1, 0.15) is 65.5 Å². The summed E-state index contributed by atoms with van der Waals surface area (Å²) >= 11 is 0. The van der Waals surface area contributed by atoms with E-state index in [1.807, 2.05) is 36.4 Å². The number of esters is 2. The molecule has 0 bridgehead atoms. The summed E-state index contributed by atoms with van der Waals surface area (Å²) in [6.45, 7) is 1.28. The fourth-order valence-corrected chi connectivity index (χ4v) is 8.95. The van der Waals surface area contributed by atoms with Crippen molar-refractivity contribution in [2.24, 2.45) is 5.92 Å². The number of aromatic hydroxyl groups is 2. The molecule has 3 N–H and O–H groups in total. The Hall–Kier alpha value is -5.54. The monoisotopic (exact) mass is 730 g/mol. The van der Waals surface area contributed by atoms with E-state index in [-0.39, 0.29) is 42.8 Å². The summed E-state index contributed by atoms with van der Waals surface area (Å²) in [5.41, 5.74) is 4.78. The summed E-state index contributed by atoms with van der Waals surface area (Å²) in [6, 6.07) is 31.0. The lowest BCUT2D eigenvalue weighted by Gasteiger charge is -2.52. The molecule has 5 aromatic rings. The maximum absolute atomic E-state index is 13.7. The summed E-state index contributed by atoms with van der Waals surface area (Å²) in [4.78, 5) is 26.6. The predicted octanol–water partition coefficient (Wildman–Crippen LogP) is 7.47. The fraction of sp³-hybridized carbons (Fsp3) is 0.333. The van der Waals surface area contributed by atoms with E-state index in [0.29, 0.717) is 42.7 Å². The summed E-state index contributed by atoms with van der Waals surface area (Å²) in [7, 11) is 3.04. The lowest BCUT2D eigenvalue weighted by atomic mass is 9.54. The molecule has 9 nitrogen and oxygen atoms in total. The zero-order valence-electron chi connectivity index (χ0n) is 30.8. The number of aliphatic hydroxyl groups excluding tert-OH is 1. The molecule has 0 amide bonds. The molecular formula is C45H46O9. The number of fused-ring (bicyclic) bond motifs is 3. The number of methoxy groups -OCH3 is 2. The van der Waals surface area contributed by atoms with E-state index in [1.165, 1.54) is 21.1 Å². The number of ether oxygens (including phenoxy) is 4. The largest absolute Gasteiger partial charge is 0.504 e. The average Bonchev–Trinajstić information content (AvgIpc) is 3.16. The van der Waals surface area contributed by atoms with Gasteiger partial charge >= 0.3 is 11.9 Å². The van der Waals surface area contributed by atoms with E-state index in [0.717, 1.165) is 38.6 Å². The van der Waals surface area contributed by atoms with Gasteiger partial charge in [0, 0.05) is 24.7 Å². The number of phenols is 2. The third-order valence-electron chi connectivity index (χ3n) is 11.4. The van der Waals surface area contributed by atoms with Gasteiger partial charge in [-0.3, -0.25) is 9.59 Å². The highest BCUT2D eigenvalue weighted by molar-refractivity contribution is 5.83. The predicted molar refractivity (Wildman–Crippen MR) is 204 cm³/mol. The molecule has 0 unspecified atom stereocenters. The minimum absolute atomic E-state index is 0.0153. The lowest BCUT2D eigenvalue weighted by molar-refractivity contribution is -0.160. The molecule has 0 spiro atoms. The Balaban J connectivity index is 1.39. The van der Waals surface area contributed by atoms with Crippen molar-refractivity contribution in [2.75, 3.05) is 14.2 Å². The quantitative estimate of drug-likeness (QED) is 0.132. The first-order valence-corrected chi connectivity index (χ1v) is 18.4. The highest BCUT2D eigenvalue weighted by Crippen LogP contribution is 2.55. The number of hydrogen-bond donors (Lipinski definition) is 3. The van der Waals surface area contributed by atoms with Crippen molar-refractivity contribution in [3.8, 4) is 23.0 Å². The summed E-state index contributed by atoms with van der Waals surface area (Å²) < 4.78 is 23.7. The van der Waals surface area contributed by atoms with Crippen LogP contribution in [-0.4, -0.2) is 53.7 Å². The first kappa shape index (κ1) is 36.8. The van der Waals surface area contributed by atoms with Gasteiger partial charge in [0.25, 0.3) is 0 Å². The summed E-state index contributed by atoms with van der Waals surface area (Å²) in [5, 5.41) is 33.5. The van der Waals surface area contributed by atoms with E-state index in [1.54, 1.807) is 30.3 Å². The highest BCUT2D eigenvalue weighted by Gasteiger charge is 2.52. The van der Waals surface area contributed by atoms with Crippen LogP contribution in [0.3, 0.4) is 0 Å². The molecule has 0 saturated heterocycles. The van der Waals surface area contributed by atoms with Crippen LogP contribution in [-0.2, 0) is 50.3 Å². The number of carbonyl (C=O) groups is 2. The Labute approximate surface area is 315 Å². The van der Waals surface area contributed by atoms with Gasteiger partial charge in [0.1, 0.15) is 12.2 Å². The van der Waals surface area contributed by atoms with Crippen LogP contribution < -0.4 is 9.47 Å². The maximum Gasteiger partial charge on any atom is 0.310 e. The van der Waals surface area contributed by atoms with Crippen LogP contribution in [0, 0.1) is 5.92 Å². The maximum atomic E-state index is 13.7. The summed E-state index contributed by atoms with van der Waals surface area (Å²) in [5.74, 6) is -0.526. The molecule has 0 aromatic heterocycles. The zero-order valence-corrected chi connectivity index (χ0v) is 30.8. The standard InChI is InChI=1S/C45H46O9/c1-27(47)53-41-23-37(54-44(50)16-28-7-6-8-29(15-28)26-46)18-34(32-12-14-39(48)42(21-32)51-2)24-45(36-13-11-30-9-4-5-10-31(30)17-36)25-35-20-40(49)43(52-3)22-33(35)19-38(41)45/h4-15,17,20-22,34,37-38,41,46,48-49H,16,18-19,23-26H2,1-3H3/t34-,37+,38+,41-,45-/m1/s1. The van der Waals surface area contributed by atoms with Gasteiger partial charge in [-0.25, -0.2) is 0 Å². The SMILES string of the molecule is COc1cc([C@@H]2C[C@H](OC(=O)Cc3cccc(CO)c3)C[C@@H](OC(C)=O)[C@@H]3Cc4cc(OC)c(O)cc4C[C@@]3(c3ccc4ccccc4c3)C2)ccc1O. The van der Waals surface area contributed by atoms with Crippen LogP contribution in [0.15, 0.2) is 97.1 Å². The normalized spacial score (nSPS) is 22.2. The Bertz CT molecular complexity index is 2180. The van der Waals surface area contributed by atoms with E-state index in [2.05, 4.69) is 30.3 Å².